The molecular weight excluding hydrogens is 441 g/mol. The normalized spacial score (nSPS) is 12.7. The van der Waals surface area contributed by atoms with Gasteiger partial charge in [0, 0.05) is 40.3 Å². The first-order valence-corrected chi connectivity index (χ1v) is 13.4. The quantitative estimate of drug-likeness (QED) is 0.212. The lowest BCUT2D eigenvalue weighted by atomic mass is 10.0. The number of hydrogen-bond donors (Lipinski definition) is 0. The molecule has 0 aliphatic carbocycles. The highest BCUT2D eigenvalue weighted by Crippen LogP contribution is 2.53. The van der Waals surface area contributed by atoms with E-state index in [-0.39, 0.29) is 0 Å². The predicted molar refractivity (Wildman–Crippen MR) is 142 cm³/mol. The second-order valence-electron chi connectivity index (χ2n) is 8.29. The Morgan fingerprint density at radius 2 is 0.833 bits per heavy atom. The molecule has 146 valence electrons. The average Bonchev–Trinajstić information content (AvgIpc) is 3.44. The highest BCUT2D eigenvalue weighted by Gasteiger charge is 2.22. The van der Waals surface area contributed by atoms with Crippen LogP contribution in [0, 0.1) is 27.7 Å². The van der Waals surface area contributed by atoms with E-state index in [1.165, 1.54) is 81.4 Å². The van der Waals surface area contributed by atoms with E-state index < -0.39 is 0 Å². The summed E-state index contributed by atoms with van der Waals surface area (Å²) in [4.78, 5) is 0. The van der Waals surface area contributed by atoms with E-state index in [0.29, 0.717) is 0 Å². The van der Waals surface area contributed by atoms with E-state index in [1.54, 1.807) is 0 Å². The number of hydrogen-bond acceptors (Lipinski definition) is 4. The maximum Gasteiger partial charge on any atom is 0.0545 e. The van der Waals surface area contributed by atoms with Gasteiger partial charge >= 0.3 is 0 Å². The van der Waals surface area contributed by atoms with Gasteiger partial charge in [0.05, 0.1) is 18.8 Å². The van der Waals surface area contributed by atoms with Gasteiger partial charge in [-0.1, -0.05) is 36.4 Å². The highest BCUT2D eigenvalue weighted by molar-refractivity contribution is 7.38. The van der Waals surface area contributed by atoms with Gasteiger partial charge in [0.2, 0.25) is 0 Å². The molecule has 0 bridgehead atoms. The van der Waals surface area contributed by atoms with E-state index in [4.69, 9.17) is 0 Å². The van der Waals surface area contributed by atoms with Crippen LogP contribution in [0.1, 0.15) is 22.3 Å². The second-order valence-corrected chi connectivity index (χ2v) is 12.4. The van der Waals surface area contributed by atoms with Gasteiger partial charge in [0.1, 0.15) is 0 Å². The summed E-state index contributed by atoms with van der Waals surface area (Å²) in [6.07, 6.45) is 0. The molecule has 0 atom stereocenters. The summed E-state index contributed by atoms with van der Waals surface area (Å²) in [5, 5.41) is 5.85. The van der Waals surface area contributed by atoms with E-state index in [2.05, 4.69) is 64.1 Å². The van der Waals surface area contributed by atoms with Crippen molar-refractivity contribution in [3.8, 4) is 0 Å². The molecule has 0 aliphatic rings. The number of thiophene rings is 4. The number of fused-ring (bicyclic) bond motifs is 10. The van der Waals surface area contributed by atoms with Gasteiger partial charge in [-0.05, 0) is 49.9 Å². The van der Waals surface area contributed by atoms with Crippen LogP contribution in [0.25, 0.3) is 59.1 Å². The SMILES string of the molecule is Cc1cccc2c1sc1c2sc2c(C)c3c(sc4c5cccc(C)c5sc43)c(C)c21. The Hall–Kier alpha value is -1.98. The highest BCUT2D eigenvalue weighted by atomic mass is 32.1. The van der Waals surface area contributed by atoms with Crippen LogP contribution in [0.15, 0.2) is 36.4 Å². The standard InChI is InChI=1S/C26H18S4/c1-11-7-5-9-15-19(11)27-25-17-13(3)22-18(14(4)21(17)29-23(15)25)26-24(30-22)16-10-6-8-12(2)20(16)28-26/h5-10H,1-4H3. The van der Waals surface area contributed by atoms with Crippen LogP contribution in [-0.4, -0.2) is 0 Å². The third-order valence-corrected chi connectivity index (χ3v) is 12.1. The fraction of sp³-hybridized carbons (Fsp3) is 0.154. The molecule has 0 saturated heterocycles. The van der Waals surface area contributed by atoms with Crippen LogP contribution >= 0.6 is 45.3 Å². The number of rotatable bonds is 0. The minimum atomic E-state index is 1.39. The van der Waals surface area contributed by atoms with Gasteiger partial charge in [-0.25, -0.2) is 0 Å². The Bertz CT molecular complexity index is 1700. The molecule has 0 N–H and O–H groups in total. The van der Waals surface area contributed by atoms with Crippen molar-refractivity contribution in [1.82, 2.24) is 0 Å². The van der Waals surface area contributed by atoms with Crippen molar-refractivity contribution in [3.63, 3.8) is 0 Å². The fourth-order valence-corrected chi connectivity index (χ4v) is 10.8. The van der Waals surface area contributed by atoms with Crippen molar-refractivity contribution in [3.05, 3.63) is 58.7 Å². The molecule has 0 saturated carbocycles. The van der Waals surface area contributed by atoms with Crippen LogP contribution in [0.3, 0.4) is 0 Å². The zero-order valence-corrected chi connectivity index (χ0v) is 20.4. The molecular formula is C26H18S4. The minimum Gasteiger partial charge on any atom is -0.133 e. The number of benzene rings is 3. The minimum absolute atomic E-state index is 1.39. The molecule has 0 fully saturated rings. The lowest BCUT2D eigenvalue weighted by molar-refractivity contribution is 1.56. The Morgan fingerprint density at radius 3 is 1.27 bits per heavy atom. The lowest BCUT2D eigenvalue weighted by Crippen LogP contribution is -1.80. The van der Waals surface area contributed by atoms with E-state index in [9.17, 15) is 0 Å². The van der Waals surface area contributed by atoms with Crippen LogP contribution in [0.4, 0.5) is 0 Å². The van der Waals surface area contributed by atoms with E-state index in [1.807, 2.05) is 45.3 Å². The molecule has 0 unspecified atom stereocenters. The van der Waals surface area contributed by atoms with Gasteiger partial charge in [-0.3, -0.25) is 0 Å². The molecule has 4 heteroatoms. The van der Waals surface area contributed by atoms with E-state index in [0.717, 1.165) is 0 Å². The fourth-order valence-electron chi connectivity index (χ4n) is 4.96. The largest absolute Gasteiger partial charge is 0.133 e. The van der Waals surface area contributed by atoms with Crippen molar-refractivity contribution < 1.29 is 0 Å². The molecule has 0 spiro atoms. The predicted octanol–water partition coefficient (Wildman–Crippen LogP) is 10.1. The third-order valence-electron chi connectivity index (χ3n) is 6.48. The van der Waals surface area contributed by atoms with Crippen molar-refractivity contribution >= 4 is 104 Å². The van der Waals surface area contributed by atoms with Crippen LogP contribution < -0.4 is 0 Å². The Balaban J connectivity index is 1.72. The first kappa shape index (κ1) is 17.7. The summed E-state index contributed by atoms with van der Waals surface area (Å²) in [6.45, 7) is 9.17. The molecule has 0 amide bonds. The lowest BCUT2D eigenvalue weighted by Gasteiger charge is -2.05. The van der Waals surface area contributed by atoms with Crippen LogP contribution in [0.5, 0.6) is 0 Å². The van der Waals surface area contributed by atoms with Crippen molar-refractivity contribution in [1.29, 1.82) is 0 Å². The second kappa shape index (κ2) is 5.83. The summed E-state index contributed by atoms with van der Waals surface area (Å²) in [6, 6.07) is 13.5. The van der Waals surface area contributed by atoms with Gasteiger partial charge in [0.15, 0.2) is 0 Å². The number of aryl methyl sites for hydroxylation is 4. The molecule has 4 aromatic heterocycles. The zero-order chi connectivity index (χ0) is 20.3. The topological polar surface area (TPSA) is 0 Å². The first-order valence-electron chi connectivity index (χ1n) is 10.1. The van der Waals surface area contributed by atoms with Crippen LogP contribution in [-0.2, 0) is 0 Å². The Morgan fingerprint density at radius 1 is 0.433 bits per heavy atom. The maximum atomic E-state index is 2.35. The summed E-state index contributed by atoms with van der Waals surface area (Å²) in [7, 11) is 0. The third kappa shape index (κ3) is 2.01. The van der Waals surface area contributed by atoms with Gasteiger partial charge in [-0.2, -0.15) is 0 Å². The Kier molecular flexibility index (Phi) is 3.43. The molecule has 0 nitrogen and oxygen atoms in total. The molecule has 7 aromatic rings. The molecule has 30 heavy (non-hydrogen) atoms. The summed E-state index contributed by atoms with van der Waals surface area (Å²) >= 11 is 7.98. The van der Waals surface area contributed by atoms with Gasteiger partial charge in [0.25, 0.3) is 0 Å². The maximum absolute atomic E-state index is 2.35. The summed E-state index contributed by atoms with van der Waals surface area (Å²) in [5.74, 6) is 0. The molecule has 3 aromatic carbocycles. The molecule has 0 aliphatic heterocycles. The van der Waals surface area contributed by atoms with E-state index >= 15 is 0 Å². The molecule has 4 heterocycles. The van der Waals surface area contributed by atoms with Crippen molar-refractivity contribution in [2.75, 3.05) is 0 Å². The first-order chi connectivity index (χ1) is 14.5. The van der Waals surface area contributed by atoms with Crippen molar-refractivity contribution in [2.45, 2.75) is 27.7 Å². The summed E-state index contributed by atoms with van der Waals surface area (Å²) < 4.78 is 11.8. The monoisotopic (exact) mass is 458 g/mol. The van der Waals surface area contributed by atoms with Crippen LogP contribution in [0.2, 0.25) is 0 Å². The molecule has 7 rings (SSSR count). The molecule has 0 radical (unpaired) electrons. The smallest absolute Gasteiger partial charge is 0.0545 e. The Labute approximate surface area is 190 Å². The average molecular weight is 459 g/mol. The summed E-state index contributed by atoms with van der Waals surface area (Å²) in [5.41, 5.74) is 5.72. The van der Waals surface area contributed by atoms with Gasteiger partial charge in [-0.15, -0.1) is 45.3 Å². The van der Waals surface area contributed by atoms with Gasteiger partial charge < -0.3 is 0 Å². The zero-order valence-electron chi connectivity index (χ0n) is 17.1. The van der Waals surface area contributed by atoms with Crippen molar-refractivity contribution in [2.24, 2.45) is 0 Å².